The van der Waals surface area contributed by atoms with Crippen molar-refractivity contribution in [3.63, 3.8) is 0 Å². The molecule has 1 saturated heterocycles. The Hall–Kier alpha value is -3.33. The number of hydrogen-bond donors (Lipinski definition) is 3. The summed E-state index contributed by atoms with van der Waals surface area (Å²) < 4.78 is 0. The Labute approximate surface area is 158 Å². The van der Waals surface area contributed by atoms with Gasteiger partial charge in [0, 0.05) is 38.8 Å². The topological polar surface area (TPSA) is 112 Å². The highest BCUT2D eigenvalue weighted by Gasteiger charge is 2.42. The first kappa shape index (κ1) is 20.0. The van der Waals surface area contributed by atoms with E-state index in [4.69, 9.17) is 5.11 Å². The number of nitrogens with one attached hydrogen (secondary N) is 1. The molecule has 8 nitrogen and oxygen atoms in total. The van der Waals surface area contributed by atoms with Gasteiger partial charge in [0.25, 0.3) is 5.91 Å². The van der Waals surface area contributed by atoms with E-state index in [1.165, 1.54) is 9.91 Å². The van der Waals surface area contributed by atoms with Crippen LogP contribution in [0, 0.1) is 23.2 Å². The predicted octanol–water partition coefficient (Wildman–Crippen LogP) is -0.0219. The van der Waals surface area contributed by atoms with E-state index in [-0.39, 0.29) is 19.6 Å². The predicted molar refractivity (Wildman–Crippen MR) is 101 cm³/mol. The minimum atomic E-state index is -1.72. The Morgan fingerprint density at radius 1 is 1.48 bits per heavy atom. The molecule has 0 bridgehead atoms. The van der Waals surface area contributed by atoms with Crippen molar-refractivity contribution >= 4 is 18.3 Å². The number of likely N-dealkylation sites (N-methyl/N-ethyl adjacent to an activating group) is 1. The van der Waals surface area contributed by atoms with Gasteiger partial charge in [0.1, 0.15) is 5.82 Å². The molecule has 1 atom stereocenters. The number of hydrogen-bond acceptors (Lipinski definition) is 7. The molecule has 1 heterocycles. The number of anilines is 1. The van der Waals surface area contributed by atoms with Crippen molar-refractivity contribution in [3.05, 3.63) is 41.7 Å². The molecule has 1 aliphatic heterocycles. The van der Waals surface area contributed by atoms with E-state index in [1.807, 2.05) is 6.07 Å². The van der Waals surface area contributed by atoms with Crippen LogP contribution in [-0.2, 0) is 4.79 Å². The summed E-state index contributed by atoms with van der Waals surface area (Å²) in [6, 6.07) is 6.81. The van der Waals surface area contributed by atoms with Crippen molar-refractivity contribution in [2.45, 2.75) is 12.0 Å². The summed E-state index contributed by atoms with van der Waals surface area (Å²) in [5, 5.41) is 36.7. The third-order valence-electron chi connectivity index (χ3n) is 4.05. The average Bonchev–Trinajstić information content (AvgIpc) is 2.93. The van der Waals surface area contributed by atoms with E-state index in [0.717, 1.165) is 0 Å². The quantitative estimate of drug-likeness (QED) is 0.370. The molecule has 140 valence electrons. The third-order valence-corrected chi connectivity index (χ3v) is 4.05. The molecule has 0 aromatic heterocycles. The Bertz CT molecular complexity index is 864. The lowest BCUT2D eigenvalue weighted by molar-refractivity contribution is -0.137. The van der Waals surface area contributed by atoms with E-state index >= 15 is 0 Å². The second-order valence-corrected chi connectivity index (χ2v) is 6.02. The number of rotatable bonds is 6. The SMILES string of the molecule is C=NN(C(=C)NCCO)c1cc(C#N)cc(C#C[C@]2(O)CCN(C)C2=O)c1. The fraction of sp³-hybridized carbons (Fsp3) is 0.316. The fourth-order valence-corrected chi connectivity index (χ4v) is 2.61. The Morgan fingerprint density at radius 3 is 2.74 bits per heavy atom. The number of aliphatic hydroxyl groups is 2. The molecule has 2 rings (SSSR count). The second-order valence-electron chi connectivity index (χ2n) is 6.02. The van der Waals surface area contributed by atoms with E-state index < -0.39 is 11.5 Å². The summed E-state index contributed by atoms with van der Waals surface area (Å²) in [6.45, 7) is 7.94. The van der Waals surface area contributed by atoms with Crippen molar-refractivity contribution < 1.29 is 15.0 Å². The zero-order valence-corrected chi connectivity index (χ0v) is 15.1. The van der Waals surface area contributed by atoms with E-state index in [1.54, 1.807) is 25.2 Å². The highest BCUT2D eigenvalue weighted by molar-refractivity contribution is 5.90. The molecule has 0 aliphatic carbocycles. The number of hydrazone groups is 1. The van der Waals surface area contributed by atoms with Crippen LogP contribution in [0.25, 0.3) is 0 Å². The van der Waals surface area contributed by atoms with Gasteiger partial charge in [0.05, 0.1) is 23.9 Å². The van der Waals surface area contributed by atoms with Gasteiger partial charge in [-0.15, -0.1) is 0 Å². The molecule has 1 aromatic rings. The molecule has 8 heteroatoms. The monoisotopic (exact) mass is 367 g/mol. The number of amides is 1. The molecule has 1 fully saturated rings. The van der Waals surface area contributed by atoms with Crippen LogP contribution in [0.15, 0.2) is 35.7 Å². The third kappa shape index (κ3) is 4.45. The van der Waals surface area contributed by atoms with Crippen LogP contribution in [0.2, 0.25) is 0 Å². The number of nitrogens with zero attached hydrogens (tertiary/aromatic N) is 4. The van der Waals surface area contributed by atoms with E-state index in [2.05, 4.69) is 35.6 Å². The first-order chi connectivity index (χ1) is 12.8. The van der Waals surface area contributed by atoms with Gasteiger partial charge in [-0.25, -0.2) is 5.01 Å². The van der Waals surface area contributed by atoms with Gasteiger partial charge < -0.3 is 20.4 Å². The van der Waals surface area contributed by atoms with Gasteiger partial charge >= 0.3 is 0 Å². The molecule has 3 N–H and O–H groups in total. The first-order valence-electron chi connectivity index (χ1n) is 8.21. The van der Waals surface area contributed by atoms with Gasteiger partial charge in [-0.2, -0.15) is 10.4 Å². The molecule has 1 aliphatic rings. The smallest absolute Gasteiger partial charge is 0.267 e. The molecule has 1 aromatic carbocycles. The zero-order chi connectivity index (χ0) is 20.0. The van der Waals surface area contributed by atoms with Crippen LogP contribution >= 0.6 is 0 Å². The van der Waals surface area contributed by atoms with Gasteiger partial charge in [-0.05, 0) is 18.2 Å². The Morgan fingerprint density at radius 2 is 2.19 bits per heavy atom. The van der Waals surface area contributed by atoms with E-state index in [9.17, 15) is 15.2 Å². The lowest BCUT2D eigenvalue weighted by Crippen LogP contribution is -2.37. The number of aliphatic hydroxyl groups excluding tert-OH is 1. The lowest BCUT2D eigenvalue weighted by Gasteiger charge is -2.22. The number of carbonyl (C=O) groups is 1. The van der Waals surface area contributed by atoms with Crippen LogP contribution in [0.1, 0.15) is 17.5 Å². The minimum Gasteiger partial charge on any atom is -0.395 e. The molecule has 1 amide bonds. The largest absolute Gasteiger partial charge is 0.395 e. The van der Waals surface area contributed by atoms with Crippen LogP contribution in [-0.4, -0.2) is 60.1 Å². The van der Waals surface area contributed by atoms with Crippen molar-refractivity contribution in [1.29, 1.82) is 5.26 Å². The molecule has 27 heavy (non-hydrogen) atoms. The van der Waals surface area contributed by atoms with E-state index in [0.29, 0.717) is 29.2 Å². The van der Waals surface area contributed by atoms with Gasteiger partial charge in [0.2, 0.25) is 5.60 Å². The summed E-state index contributed by atoms with van der Waals surface area (Å²) in [5.41, 5.74) is -0.489. The number of nitriles is 1. The highest BCUT2D eigenvalue weighted by Crippen LogP contribution is 2.23. The number of carbonyl (C=O) groups excluding carboxylic acids is 1. The van der Waals surface area contributed by atoms with Crippen LogP contribution in [0.5, 0.6) is 0 Å². The molecular weight excluding hydrogens is 346 g/mol. The molecule has 0 saturated carbocycles. The maximum Gasteiger partial charge on any atom is 0.267 e. The van der Waals surface area contributed by atoms with Gasteiger partial charge in [-0.1, -0.05) is 18.4 Å². The summed E-state index contributed by atoms with van der Waals surface area (Å²) in [4.78, 5) is 13.5. The molecular formula is C19H21N5O3. The minimum absolute atomic E-state index is 0.0833. The summed E-state index contributed by atoms with van der Waals surface area (Å²) >= 11 is 0. The zero-order valence-electron chi connectivity index (χ0n) is 15.1. The van der Waals surface area contributed by atoms with Gasteiger partial charge in [-0.3, -0.25) is 4.79 Å². The second kappa shape index (κ2) is 8.37. The summed E-state index contributed by atoms with van der Waals surface area (Å²) in [7, 11) is 1.61. The first-order valence-corrected chi connectivity index (χ1v) is 8.21. The number of benzene rings is 1. The van der Waals surface area contributed by atoms with Gasteiger partial charge in [0.15, 0.2) is 0 Å². The van der Waals surface area contributed by atoms with Crippen molar-refractivity contribution in [2.24, 2.45) is 5.10 Å². The van der Waals surface area contributed by atoms with Crippen molar-refractivity contribution in [2.75, 3.05) is 31.8 Å². The van der Waals surface area contributed by atoms with Crippen LogP contribution in [0.4, 0.5) is 5.69 Å². The fourth-order valence-electron chi connectivity index (χ4n) is 2.61. The molecule has 0 unspecified atom stereocenters. The summed E-state index contributed by atoms with van der Waals surface area (Å²) in [6.07, 6.45) is 0.225. The highest BCUT2D eigenvalue weighted by atomic mass is 16.3. The standard InChI is InChI=1S/C19H21N5O3/c1-14(22-7-9-25)24(21-2)17-11-15(10-16(12-17)13-20)4-5-19(27)6-8-23(3)18(19)26/h10-12,22,25,27H,1-2,6-9H2,3H3/t19-/m0/s1. The van der Waals surface area contributed by atoms with Crippen LogP contribution in [0.3, 0.4) is 0 Å². The molecule has 0 radical (unpaired) electrons. The Kier molecular flexibility index (Phi) is 6.19. The maximum atomic E-state index is 12.0. The Balaban J connectivity index is 2.38. The normalized spacial score (nSPS) is 18.3. The van der Waals surface area contributed by atoms with Crippen molar-refractivity contribution in [3.8, 4) is 17.9 Å². The van der Waals surface area contributed by atoms with Crippen molar-refractivity contribution in [1.82, 2.24) is 10.2 Å². The average molecular weight is 367 g/mol. The maximum absolute atomic E-state index is 12.0. The number of likely N-dealkylation sites (tertiary alicyclic amines) is 1. The summed E-state index contributed by atoms with van der Waals surface area (Å²) in [5.74, 6) is 5.32. The lowest BCUT2D eigenvalue weighted by atomic mass is 10.0. The van der Waals surface area contributed by atoms with Crippen LogP contribution < -0.4 is 10.3 Å². The molecule has 0 spiro atoms.